The van der Waals surface area contributed by atoms with Gasteiger partial charge in [-0.05, 0) is 43.3 Å². The zero-order chi connectivity index (χ0) is 18.4. The molecule has 0 radical (unpaired) electrons. The molecule has 0 saturated carbocycles. The number of likely N-dealkylation sites (tertiary alicyclic amines) is 1. The Morgan fingerprint density at radius 2 is 2.00 bits per heavy atom. The maximum absolute atomic E-state index is 12.9. The van der Waals surface area contributed by atoms with E-state index in [1.165, 1.54) is 0 Å². The van der Waals surface area contributed by atoms with Crippen LogP contribution in [0.3, 0.4) is 0 Å². The average Bonchev–Trinajstić information content (AvgIpc) is 2.61. The minimum atomic E-state index is -0.805. The molecule has 25 heavy (non-hydrogen) atoms. The minimum absolute atomic E-state index is 0.0122. The van der Waals surface area contributed by atoms with Crippen molar-refractivity contribution in [2.45, 2.75) is 37.6 Å². The number of rotatable bonds is 7. The predicted octanol–water partition coefficient (Wildman–Crippen LogP) is 3.46. The zero-order valence-electron chi connectivity index (χ0n) is 14.7. The van der Waals surface area contributed by atoms with Gasteiger partial charge >= 0.3 is 5.97 Å². The highest BCUT2D eigenvalue weighted by Crippen LogP contribution is 2.28. The molecule has 1 aromatic carbocycles. The molecule has 1 fully saturated rings. The number of likely N-dealkylation sites (N-methyl/N-ethyl adjacent to an activating group) is 1. The van der Waals surface area contributed by atoms with E-state index in [2.05, 4.69) is 6.92 Å². The van der Waals surface area contributed by atoms with Gasteiger partial charge in [0.15, 0.2) is 0 Å². The summed E-state index contributed by atoms with van der Waals surface area (Å²) in [6.45, 7) is 6.07. The highest BCUT2D eigenvalue weighted by atomic mass is 35.5. The Kier molecular flexibility index (Phi) is 7.59. The molecule has 1 amide bonds. The third-order valence-electron chi connectivity index (χ3n) is 4.48. The molecule has 0 spiro atoms. The van der Waals surface area contributed by atoms with E-state index in [1.807, 2.05) is 28.9 Å². The maximum atomic E-state index is 12.9. The van der Waals surface area contributed by atoms with E-state index in [0.717, 1.165) is 23.5 Å². The molecular formula is C18H25ClN2O3S. The fraction of sp³-hybridized carbons (Fsp3) is 0.556. The summed E-state index contributed by atoms with van der Waals surface area (Å²) < 4.78 is 0. The zero-order valence-corrected chi connectivity index (χ0v) is 16.3. The van der Waals surface area contributed by atoms with Gasteiger partial charge in [0.2, 0.25) is 0 Å². The Morgan fingerprint density at radius 1 is 1.32 bits per heavy atom. The first-order chi connectivity index (χ1) is 12.0. The van der Waals surface area contributed by atoms with E-state index in [1.54, 1.807) is 17.8 Å². The normalized spacial score (nSPS) is 15.6. The van der Waals surface area contributed by atoms with Crippen LogP contribution in [-0.2, 0) is 4.79 Å². The summed E-state index contributed by atoms with van der Waals surface area (Å²) in [5.74, 6) is 0.101. The largest absolute Gasteiger partial charge is 0.480 e. The first-order valence-electron chi connectivity index (χ1n) is 8.63. The number of halogens is 1. The number of amides is 1. The van der Waals surface area contributed by atoms with E-state index < -0.39 is 5.97 Å². The van der Waals surface area contributed by atoms with Gasteiger partial charge in [-0.2, -0.15) is 0 Å². The number of carbonyl (C=O) groups excluding carboxylic acids is 1. The molecule has 0 bridgehead atoms. The quantitative estimate of drug-likeness (QED) is 0.729. The number of piperidine rings is 1. The van der Waals surface area contributed by atoms with Crippen LogP contribution in [0.4, 0.5) is 0 Å². The Morgan fingerprint density at radius 3 is 2.56 bits per heavy atom. The van der Waals surface area contributed by atoms with Crippen molar-refractivity contribution in [3.8, 4) is 0 Å². The lowest BCUT2D eigenvalue weighted by atomic mass is 10.0. The molecule has 138 valence electrons. The summed E-state index contributed by atoms with van der Waals surface area (Å²) in [5, 5.41) is 9.59. The summed E-state index contributed by atoms with van der Waals surface area (Å²) >= 11 is 7.73. The van der Waals surface area contributed by atoms with E-state index in [9.17, 15) is 9.59 Å². The van der Waals surface area contributed by atoms with E-state index in [0.29, 0.717) is 30.2 Å². The second kappa shape index (κ2) is 9.46. The number of aliphatic carboxylic acids is 1. The summed E-state index contributed by atoms with van der Waals surface area (Å²) in [4.78, 5) is 28.7. The van der Waals surface area contributed by atoms with E-state index in [-0.39, 0.29) is 18.5 Å². The van der Waals surface area contributed by atoms with Crippen LogP contribution in [0.5, 0.6) is 0 Å². The van der Waals surface area contributed by atoms with Crippen molar-refractivity contribution in [3.63, 3.8) is 0 Å². The number of carboxylic acids is 1. The van der Waals surface area contributed by atoms with Crippen LogP contribution < -0.4 is 0 Å². The second-order valence-corrected chi connectivity index (χ2v) is 7.80. The van der Waals surface area contributed by atoms with Crippen molar-refractivity contribution in [2.75, 3.05) is 31.9 Å². The van der Waals surface area contributed by atoms with Crippen molar-refractivity contribution < 1.29 is 14.7 Å². The summed E-state index contributed by atoms with van der Waals surface area (Å²) in [6, 6.07) is 5.68. The fourth-order valence-electron chi connectivity index (χ4n) is 3.23. The number of hydrogen-bond donors (Lipinski definition) is 1. The molecule has 7 heteroatoms. The van der Waals surface area contributed by atoms with Crippen LogP contribution in [0.15, 0.2) is 23.1 Å². The molecular weight excluding hydrogens is 360 g/mol. The first-order valence-corrected chi connectivity index (χ1v) is 10.00. The number of hydrogen-bond acceptors (Lipinski definition) is 4. The van der Waals surface area contributed by atoms with Crippen molar-refractivity contribution in [1.29, 1.82) is 0 Å². The number of carbonyl (C=O) groups is 2. The number of nitrogens with zero attached hydrogens (tertiary/aromatic N) is 2. The lowest BCUT2D eigenvalue weighted by Gasteiger charge is -2.37. The van der Waals surface area contributed by atoms with Gasteiger partial charge in [-0.1, -0.05) is 25.4 Å². The lowest BCUT2D eigenvalue weighted by Crippen LogP contribution is -2.48. The Labute approximate surface area is 158 Å². The van der Waals surface area contributed by atoms with Crippen molar-refractivity contribution in [1.82, 2.24) is 9.80 Å². The summed E-state index contributed by atoms with van der Waals surface area (Å²) in [6.07, 6.45) is 1.59. The van der Waals surface area contributed by atoms with Gasteiger partial charge in [0.25, 0.3) is 5.91 Å². The highest BCUT2D eigenvalue weighted by molar-refractivity contribution is 7.99. The number of carboxylic acid groups (broad SMARTS) is 1. The average molecular weight is 385 g/mol. The van der Waals surface area contributed by atoms with Crippen LogP contribution in [0, 0.1) is 0 Å². The van der Waals surface area contributed by atoms with Gasteiger partial charge < -0.3 is 10.0 Å². The Bertz CT molecular complexity index is 618. The molecule has 5 nitrogen and oxygen atoms in total. The molecule has 0 unspecified atom stereocenters. The smallest absolute Gasteiger partial charge is 0.317 e. The SMILES string of the molecule is CCSc1ccc(Cl)cc1C(=O)N1CCC(N(CC)CC(=O)O)CC1. The van der Waals surface area contributed by atoms with Gasteiger partial charge in [0.1, 0.15) is 0 Å². The standard InChI is InChI=1S/C18H25ClN2O3S/c1-3-20(12-17(22)23)14-7-9-21(10-8-14)18(24)15-11-13(19)5-6-16(15)25-4-2/h5-6,11,14H,3-4,7-10,12H2,1-2H3,(H,22,23). The molecule has 1 N–H and O–H groups in total. The van der Waals surface area contributed by atoms with Crippen LogP contribution in [-0.4, -0.2) is 64.8 Å². The Hall–Kier alpha value is -1.24. The second-order valence-electron chi connectivity index (χ2n) is 6.05. The topological polar surface area (TPSA) is 60.9 Å². The third-order valence-corrected chi connectivity index (χ3v) is 5.68. The van der Waals surface area contributed by atoms with Crippen molar-refractivity contribution in [3.05, 3.63) is 28.8 Å². The number of thioether (sulfide) groups is 1. The third kappa shape index (κ3) is 5.36. The van der Waals surface area contributed by atoms with Crippen LogP contribution >= 0.6 is 23.4 Å². The van der Waals surface area contributed by atoms with Crippen LogP contribution in [0.25, 0.3) is 0 Å². The lowest BCUT2D eigenvalue weighted by molar-refractivity contribution is -0.139. The predicted molar refractivity (Wildman–Crippen MR) is 102 cm³/mol. The molecule has 1 aliphatic heterocycles. The fourth-order valence-corrected chi connectivity index (χ4v) is 4.18. The van der Waals surface area contributed by atoms with Gasteiger partial charge in [0, 0.05) is 29.0 Å². The van der Waals surface area contributed by atoms with Crippen molar-refractivity contribution >= 4 is 35.2 Å². The molecule has 0 aliphatic carbocycles. The molecule has 1 aromatic rings. The summed E-state index contributed by atoms with van der Waals surface area (Å²) in [5.41, 5.74) is 0.663. The summed E-state index contributed by atoms with van der Waals surface area (Å²) in [7, 11) is 0. The van der Waals surface area contributed by atoms with Gasteiger partial charge in [-0.15, -0.1) is 11.8 Å². The maximum Gasteiger partial charge on any atom is 0.317 e. The Balaban J connectivity index is 2.04. The van der Waals surface area contributed by atoms with Crippen LogP contribution in [0.1, 0.15) is 37.0 Å². The molecule has 1 saturated heterocycles. The molecule has 0 aromatic heterocycles. The number of benzene rings is 1. The van der Waals surface area contributed by atoms with Gasteiger partial charge in [-0.3, -0.25) is 14.5 Å². The van der Waals surface area contributed by atoms with Gasteiger partial charge in [-0.25, -0.2) is 0 Å². The first kappa shape index (κ1) is 20.1. The molecule has 1 heterocycles. The van der Waals surface area contributed by atoms with Crippen molar-refractivity contribution in [2.24, 2.45) is 0 Å². The monoisotopic (exact) mass is 384 g/mol. The highest BCUT2D eigenvalue weighted by Gasteiger charge is 2.28. The molecule has 0 atom stereocenters. The van der Waals surface area contributed by atoms with E-state index >= 15 is 0 Å². The van der Waals surface area contributed by atoms with E-state index in [4.69, 9.17) is 16.7 Å². The van der Waals surface area contributed by atoms with Crippen LogP contribution in [0.2, 0.25) is 5.02 Å². The van der Waals surface area contributed by atoms with Gasteiger partial charge in [0.05, 0.1) is 12.1 Å². The minimum Gasteiger partial charge on any atom is -0.480 e. The molecule has 1 aliphatic rings. The molecule has 2 rings (SSSR count).